The number of fused-ring (bicyclic) bond motifs is 1. The second-order valence-corrected chi connectivity index (χ2v) is 8.07. The van der Waals surface area contributed by atoms with E-state index >= 15 is 0 Å². The van der Waals surface area contributed by atoms with Gasteiger partial charge in [-0.1, -0.05) is 12.1 Å². The lowest BCUT2D eigenvalue weighted by Crippen LogP contribution is -2.39. The number of aromatic nitrogens is 1. The molecule has 29 heavy (non-hydrogen) atoms. The molecule has 3 aromatic heterocycles. The zero-order valence-electron chi connectivity index (χ0n) is 16.4. The van der Waals surface area contributed by atoms with Crippen molar-refractivity contribution in [2.75, 3.05) is 13.6 Å². The summed E-state index contributed by atoms with van der Waals surface area (Å²) in [6, 6.07) is 15.5. The van der Waals surface area contributed by atoms with Gasteiger partial charge in [-0.2, -0.15) is 0 Å². The Morgan fingerprint density at radius 2 is 1.69 bits per heavy atom. The maximum Gasteiger partial charge on any atom is 0.237 e. The van der Waals surface area contributed by atoms with Crippen LogP contribution in [0, 0.1) is 0 Å². The van der Waals surface area contributed by atoms with Crippen LogP contribution >= 0.6 is 11.3 Å². The topological polar surface area (TPSA) is 62.7 Å². The van der Waals surface area contributed by atoms with Crippen LogP contribution in [0.15, 0.2) is 69.9 Å². The third-order valence-electron chi connectivity index (χ3n) is 4.92. The number of benzene rings is 1. The summed E-state index contributed by atoms with van der Waals surface area (Å²) in [6.45, 7) is 3.33. The zero-order chi connectivity index (χ0) is 20.2. The van der Waals surface area contributed by atoms with Gasteiger partial charge in [0.1, 0.15) is 16.5 Å². The molecule has 4 rings (SSSR count). The largest absolute Gasteiger partial charge is 0.468 e. The number of thiazole rings is 1. The van der Waals surface area contributed by atoms with Crippen molar-refractivity contribution in [1.29, 1.82) is 0 Å². The number of para-hydroxylation sites is 1. The molecule has 0 aliphatic rings. The number of hydrogen-bond donors (Lipinski definition) is 0. The Labute approximate surface area is 173 Å². The maximum atomic E-state index is 13.0. The number of carbonyl (C=O) groups is 1. The number of likely N-dealkylation sites (N-methyl/N-ethyl adjacent to an activating group) is 1. The van der Waals surface area contributed by atoms with Crippen LogP contribution in [-0.2, 0) is 17.9 Å². The van der Waals surface area contributed by atoms with Crippen molar-refractivity contribution < 1.29 is 13.6 Å². The Balaban J connectivity index is 1.46. The zero-order valence-corrected chi connectivity index (χ0v) is 17.3. The molecule has 6 nitrogen and oxygen atoms in total. The van der Waals surface area contributed by atoms with Crippen molar-refractivity contribution in [3.8, 4) is 0 Å². The van der Waals surface area contributed by atoms with Crippen LogP contribution in [-0.4, -0.2) is 34.3 Å². The molecule has 7 heteroatoms. The van der Waals surface area contributed by atoms with Crippen LogP contribution in [0.4, 0.5) is 0 Å². The quantitative estimate of drug-likeness (QED) is 0.422. The van der Waals surface area contributed by atoms with Gasteiger partial charge in [-0.15, -0.1) is 11.3 Å². The van der Waals surface area contributed by atoms with E-state index < -0.39 is 0 Å². The van der Waals surface area contributed by atoms with E-state index in [4.69, 9.17) is 13.8 Å². The lowest BCUT2D eigenvalue weighted by molar-refractivity contribution is -0.133. The molecule has 0 spiro atoms. The van der Waals surface area contributed by atoms with Gasteiger partial charge in [0.05, 0.1) is 48.4 Å². The van der Waals surface area contributed by atoms with E-state index in [2.05, 4.69) is 6.07 Å². The maximum absolute atomic E-state index is 13.0. The molecule has 0 aliphatic carbocycles. The summed E-state index contributed by atoms with van der Waals surface area (Å²) in [6.07, 6.45) is 3.28. The molecule has 1 amide bonds. The molecule has 0 aliphatic heterocycles. The van der Waals surface area contributed by atoms with E-state index in [1.807, 2.05) is 61.3 Å². The van der Waals surface area contributed by atoms with Gasteiger partial charge in [0.2, 0.25) is 5.91 Å². The van der Waals surface area contributed by atoms with Gasteiger partial charge in [0.25, 0.3) is 0 Å². The molecule has 1 aromatic carbocycles. The summed E-state index contributed by atoms with van der Waals surface area (Å²) in [5, 5.41) is 0.936. The van der Waals surface area contributed by atoms with Crippen molar-refractivity contribution >= 4 is 27.5 Å². The average Bonchev–Trinajstić information content (AvgIpc) is 3.48. The van der Waals surface area contributed by atoms with Gasteiger partial charge in [-0.05, 0) is 43.3 Å². The van der Waals surface area contributed by atoms with Crippen molar-refractivity contribution in [2.45, 2.75) is 26.1 Å². The molecular weight excluding hydrogens is 386 g/mol. The first kappa shape index (κ1) is 19.4. The van der Waals surface area contributed by atoms with Crippen molar-refractivity contribution in [3.05, 3.63) is 77.6 Å². The summed E-state index contributed by atoms with van der Waals surface area (Å²) < 4.78 is 12.1. The van der Waals surface area contributed by atoms with Crippen LogP contribution in [0.2, 0.25) is 0 Å². The highest BCUT2D eigenvalue weighted by atomic mass is 32.1. The molecule has 4 aromatic rings. The van der Waals surface area contributed by atoms with E-state index in [9.17, 15) is 4.79 Å². The first-order chi connectivity index (χ1) is 14.1. The molecular formula is C22H23N3O3S. The Kier molecular flexibility index (Phi) is 5.78. The predicted molar refractivity (Wildman–Crippen MR) is 112 cm³/mol. The third kappa shape index (κ3) is 4.58. The van der Waals surface area contributed by atoms with E-state index in [1.54, 1.807) is 28.8 Å². The van der Waals surface area contributed by atoms with Crippen molar-refractivity contribution in [1.82, 2.24) is 14.8 Å². The summed E-state index contributed by atoms with van der Waals surface area (Å²) in [7, 11) is 1.83. The van der Waals surface area contributed by atoms with Crippen LogP contribution in [0.5, 0.6) is 0 Å². The van der Waals surface area contributed by atoms with Crippen LogP contribution < -0.4 is 0 Å². The molecule has 0 N–H and O–H groups in total. The van der Waals surface area contributed by atoms with Crippen LogP contribution in [0.1, 0.15) is 29.5 Å². The molecule has 0 unspecified atom stereocenters. The van der Waals surface area contributed by atoms with E-state index in [-0.39, 0.29) is 18.5 Å². The molecule has 0 fully saturated rings. The highest BCUT2D eigenvalue weighted by molar-refractivity contribution is 7.18. The molecule has 150 valence electrons. The number of furan rings is 2. The van der Waals surface area contributed by atoms with Gasteiger partial charge in [0, 0.05) is 7.05 Å². The predicted octanol–water partition coefficient (Wildman–Crippen LogP) is 4.70. The normalized spacial score (nSPS) is 12.5. The minimum Gasteiger partial charge on any atom is -0.468 e. The second kappa shape index (κ2) is 8.63. The Morgan fingerprint density at radius 3 is 2.28 bits per heavy atom. The second-order valence-electron chi connectivity index (χ2n) is 7.00. The van der Waals surface area contributed by atoms with Crippen molar-refractivity contribution in [2.24, 2.45) is 0 Å². The SMILES string of the molecule is C[C@H](c1nc2ccccc2s1)N(C)C(=O)CN(Cc1ccco1)Cc1ccco1. The van der Waals surface area contributed by atoms with E-state index in [0.29, 0.717) is 13.1 Å². The Hall–Kier alpha value is -2.90. The molecule has 0 radical (unpaired) electrons. The van der Waals surface area contributed by atoms with Gasteiger partial charge >= 0.3 is 0 Å². The van der Waals surface area contributed by atoms with Crippen molar-refractivity contribution in [3.63, 3.8) is 0 Å². The molecule has 0 bridgehead atoms. The molecule has 1 atom stereocenters. The Morgan fingerprint density at radius 1 is 1.03 bits per heavy atom. The van der Waals surface area contributed by atoms with Crippen LogP contribution in [0.3, 0.4) is 0 Å². The van der Waals surface area contributed by atoms with Gasteiger partial charge in [-0.25, -0.2) is 4.98 Å². The van der Waals surface area contributed by atoms with Gasteiger partial charge in [0.15, 0.2) is 0 Å². The monoisotopic (exact) mass is 409 g/mol. The molecule has 0 saturated carbocycles. The fourth-order valence-electron chi connectivity index (χ4n) is 3.17. The number of carbonyl (C=O) groups excluding carboxylic acids is 1. The fraction of sp³-hybridized carbons (Fsp3) is 0.273. The smallest absolute Gasteiger partial charge is 0.237 e. The first-order valence-electron chi connectivity index (χ1n) is 9.48. The highest BCUT2D eigenvalue weighted by Gasteiger charge is 2.23. The number of hydrogen-bond acceptors (Lipinski definition) is 6. The van der Waals surface area contributed by atoms with Gasteiger partial charge in [-0.3, -0.25) is 9.69 Å². The average molecular weight is 410 g/mol. The summed E-state index contributed by atoms with van der Waals surface area (Å²) >= 11 is 1.63. The number of amides is 1. The summed E-state index contributed by atoms with van der Waals surface area (Å²) in [5.74, 6) is 1.65. The fourth-order valence-corrected chi connectivity index (χ4v) is 4.23. The lowest BCUT2D eigenvalue weighted by atomic mass is 10.2. The van der Waals surface area contributed by atoms with Gasteiger partial charge < -0.3 is 13.7 Å². The standard InChI is InChI=1S/C22H23N3O3S/c1-16(22-23-19-9-3-4-10-20(19)29-22)24(2)21(26)15-25(13-17-7-5-11-27-17)14-18-8-6-12-28-18/h3-12,16H,13-15H2,1-2H3/t16-/m1/s1. The van der Waals surface area contributed by atoms with E-state index in [1.165, 1.54) is 0 Å². The minimum absolute atomic E-state index is 0.0230. The summed E-state index contributed by atoms with van der Waals surface area (Å²) in [4.78, 5) is 21.5. The lowest BCUT2D eigenvalue weighted by Gasteiger charge is -2.27. The molecule has 3 heterocycles. The van der Waals surface area contributed by atoms with E-state index in [0.717, 1.165) is 26.7 Å². The first-order valence-corrected chi connectivity index (χ1v) is 10.3. The summed E-state index contributed by atoms with van der Waals surface area (Å²) in [5.41, 5.74) is 0.970. The molecule has 0 saturated heterocycles. The Bertz CT molecular complexity index is 987. The highest BCUT2D eigenvalue weighted by Crippen LogP contribution is 2.29. The third-order valence-corrected chi connectivity index (χ3v) is 6.13. The number of rotatable bonds is 8. The minimum atomic E-state index is -0.103. The number of nitrogens with zero attached hydrogens (tertiary/aromatic N) is 3. The van der Waals surface area contributed by atoms with Crippen LogP contribution in [0.25, 0.3) is 10.2 Å².